The van der Waals surface area contributed by atoms with Gasteiger partial charge in [-0.05, 0) is 23.8 Å². The molecule has 2 aromatic carbocycles. The van der Waals surface area contributed by atoms with Crippen molar-refractivity contribution in [3.05, 3.63) is 70.9 Å². The van der Waals surface area contributed by atoms with Crippen LogP contribution >= 0.6 is 11.6 Å². The zero-order chi connectivity index (χ0) is 18.1. The number of carbonyl (C=O) groups is 1. The van der Waals surface area contributed by atoms with Crippen molar-refractivity contribution in [2.75, 3.05) is 13.9 Å². The van der Waals surface area contributed by atoms with Crippen molar-refractivity contribution in [3.63, 3.8) is 0 Å². The normalized spacial score (nSPS) is 11.1. The summed E-state index contributed by atoms with van der Waals surface area (Å²) >= 11 is 6.11. The quantitative estimate of drug-likeness (QED) is 0.439. The van der Waals surface area contributed by atoms with Gasteiger partial charge >= 0.3 is 0 Å². The molecule has 25 heavy (non-hydrogen) atoms. The SMILES string of the molecule is COCO/C=C(/NC(C)=O)c1cc(Cl)ccc1OCc1ccccc1. The fourth-order valence-corrected chi connectivity index (χ4v) is 2.28. The molecule has 0 spiro atoms. The Morgan fingerprint density at radius 2 is 1.96 bits per heavy atom. The molecule has 0 aliphatic heterocycles. The number of carbonyl (C=O) groups excluding carboxylic acids is 1. The predicted octanol–water partition coefficient (Wildman–Crippen LogP) is 3.97. The van der Waals surface area contributed by atoms with E-state index in [0.29, 0.717) is 28.6 Å². The Bertz CT molecular complexity index is 731. The first kappa shape index (κ1) is 18.8. The Morgan fingerprint density at radius 3 is 2.64 bits per heavy atom. The molecule has 1 N–H and O–H groups in total. The Kier molecular flexibility index (Phi) is 7.32. The molecule has 2 rings (SSSR count). The predicted molar refractivity (Wildman–Crippen MR) is 97.0 cm³/mol. The summed E-state index contributed by atoms with van der Waals surface area (Å²) in [5.41, 5.74) is 2.09. The van der Waals surface area contributed by atoms with Crippen LogP contribution in [0.2, 0.25) is 5.02 Å². The van der Waals surface area contributed by atoms with Crippen LogP contribution in [0.3, 0.4) is 0 Å². The molecule has 0 atom stereocenters. The molecule has 0 saturated heterocycles. The molecule has 0 bridgehead atoms. The Balaban J connectivity index is 2.27. The van der Waals surface area contributed by atoms with Crippen molar-refractivity contribution < 1.29 is 19.0 Å². The molecule has 0 aromatic heterocycles. The molecule has 0 unspecified atom stereocenters. The molecule has 0 radical (unpaired) electrons. The Hall–Kier alpha value is -2.50. The standard InChI is InChI=1S/C19H20ClNO4/c1-14(22)21-18(12-24-13-23-2)17-10-16(20)8-9-19(17)25-11-15-6-4-3-5-7-15/h3-10,12H,11,13H2,1-2H3,(H,21,22)/b18-12+. The maximum absolute atomic E-state index is 11.5. The molecule has 0 heterocycles. The fraction of sp³-hybridized carbons (Fsp3) is 0.211. The van der Waals surface area contributed by atoms with Gasteiger partial charge in [-0.15, -0.1) is 0 Å². The Labute approximate surface area is 152 Å². The lowest BCUT2D eigenvalue weighted by atomic mass is 10.1. The van der Waals surface area contributed by atoms with E-state index in [1.165, 1.54) is 20.3 Å². The number of amides is 1. The van der Waals surface area contributed by atoms with E-state index in [-0.39, 0.29) is 12.7 Å². The lowest BCUT2D eigenvalue weighted by molar-refractivity contribution is -0.117. The molecule has 0 aliphatic rings. The van der Waals surface area contributed by atoms with E-state index >= 15 is 0 Å². The van der Waals surface area contributed by atoms with Crippen LogP contribution in [0.1, 0.15) is 18.1 Å². The second-order valence-corrected chi connectivity index (χ2v) is 5.64. The summed E-state index contributed by atoms with van der Waals surface area (Å²) in [7, 11) is 1.51. The van der Waals surface area contributed by atoms with E-state index in [9.17, 15) is 4.79 Å². The first-order valence-electron chi connectivity index (χ1n) is 7.65. The van der Waals surface area contributed by atoms with Crippen LogP contribution in [0.5, 0.6) is 5.75 Å². The van der Waals surface area contributed by atoms with Gasteiger partial charge in [0, 0.05) is 24.6 Å². The molecular formula is C19H20ClNO4. The summed E-state index contributed by atoms with van der Waals surface area (Å²) in [6.07, 6.45) is 1.41. The molecular weight excluding hydrogens is 342 g/mol. The largest absolute Gasteiger partial charge is 0.488 e. The Morgan fingerprint density at radius 1 is 1.20 bits per heavy atom. The van der Waals surface area contributed by atoms with Crippen LogP contribution in [0.4, 0.5) is 0 Å². The maximum atomic E-state index is 11.5. The van der Waals surface area contributed by atoms with Crippen molar-refractivity contribution in [1.82, 2.24) is 5.32 Å². The first-order valence-corrected chi connectivity index (χ1v) is 8.03. The number of hydrogen-bond acceptors (Lipinski definition) is 4. The lowest BCUT2D eigenvalue weighted by Crippen LogP contribution is -2.19. The first-order chi connectivity index (χ1) is 12.1. The van der Waals surface area contributed by atoms with Gasteiger partial charge in [0.15, 0.2) is 6.79 Å². The van der Waals surface area contributed by atoms with Crippen molar-refractivity contribution in [1.29, 1.82) is 0 Å². The summed E-state index contributed by atoms with van der Waals surface area (Å²) in [5.74, 6) is 0.343. The van der Waals surface area contributed by atoms with Gasteiger partial charge in [0.2, 0.25) is 5.91 Å². The van der Waals surface area contributed by atoms with Crippen LogP contribution in [0.25, 0.3) is 5.70 Å². The number of halogens is 1. The number of methoxy groups -OCH3 is 1. The summed E-state index contributed by atoms with van der Waals surface area (Å²) in [4.78, 5) is 11.5. The van der Waals surface area contributed by atoms with Gasteiger partial charge in [0.05, 0.1) is 5.70 Å². The number of benzene rings is 2. The third-order valence-corrected chi connectivity index (χ3v) is 3.40. The van der Waals surface area contributed by atoms with Crippen LogP contribution in [0, 0.1) is 0 Å². The molecule has 2 aromatic rings. The lowest BCUT2D eigenvalue weighted by Gasteiger charge is -2.15. The minimum Gasteiger partial charge on any atom is -0.488 e. The van der Waals surface area contributed by atoms with Crippen LogP contribution < -0.4 is 10.1 Å². The highest BCUT2D eigenvalue weighted by Crippen LogP contribution is 2.29. The average Bonchev–Trinajstić information content (AvgIpc) is 2.60. The minimum atomic E-state index is -0.235. The van der Waals surface area contributed by atoms with E-state index < -0.39 is 0 Å². The second kappa shape index (κ2) is 9.71. The van der Waals surface area contributed by atoms with Crippen molar-refractivity contribution in [3.8, 4) is 5.75 Å². The zero-order valence-corrected chi connectivity index (χ0v) is 14.9. The molecule has 6 heteroatoms. The molecule has 0 saturated carbocycles. The van der Waals surface area contributed by atoms with Crippen LogP contribution in [-0.4, -0.2) is 19.8 Å². The molecule has 0 fully saturated rings. The van der Waals surface area contributed by atoms with Crippen molar-refractivity contribution in [2.24, 2.45) is 0 Å². The van der Waals surface area contributed by atoms with Gasteiger partial charge in [-0.3, -0.25) is 4.79 Å². The molecule has 5 nitrogen and oxygen atoms in total. The van der Waals surface area contributed by atoms with E-state index in [1.807, 2.05) is 30.3 Å². The minimum absolute atomic E-state index is 0.0594. The van der Waals surface area contributed by atoms with Crippen LogP contribution in [-0.2, 0) is 20.9 Å². The van der Waals surface area contributed by atoms with E-state index in [2.05, 4.69) is 5.32 Å². The fourth-order valence-electron chi connectivity index (χ4n) is 2.11. The van der Waals surface area contributed by atoms with Gasteiger partial charge < -0.3 is 19.5 Å². The van der Waals surface area contributed by atoms with Gasteiger partial charge in [-0.25, -0.2) is 0 Å². The highest BCUT2D eigenvalue weighted by atomic mass is 35.5. The van der Waals surface area contributed by atoms with Crippen LogP contribution in [0.15, 0.2) is 54.8 Å². The average molecular weight is 362 g/mol. The summed E-state index contributed by atoms with van der Waals surface area (Å²) in [5, 5.41) is 3.24. The maximum Gasteiger partial charge on any atom is 0.221 e. The molecule has 1 amide bonds. The second-order valence-electron chi connectivity index (χ2n) is 5.20. The van der Waals surface area contributed by atoms with Gasteiger partial charge in [0.1, 0.15) is 18.6 Å². The summed E-state index contributed by atoms with van der Waals surface area (Å²) in [6.45, 7) is 1.87. The topological polar surface area (TPSA) is 56.8 Å². The van der Waals surface area contributed by atoms with Gasteiger partial charge in [0.25, 0.3) is 0 Å². The van der Waals surface area contributed by atoms with Gasteiger partial charge in [-0.1, -0.05) is 41.9 Å². The molecule has 0 aliphatic carbocycles. The van der Waals surface area contributed by atoms with Crippen molar-refractivity contribution in [2.45, 2.75) is 13.5 Å². The van der Waals surface area contributed by atoms with E-state index in [4.69, 9.17) is 25.8 Å². The highest BCUT2D eigenvalue weighted by Gasteiger charge is 2.12. The van der Waals surface area contributed by atoms with E-state index in [1.54, 1.807) is 18.2 Å². The van der Waals surface area contributed by atoms with Gasteiger partial charge in [-0.2, -0.15) is 0 Å². The number of hydrogen-bond donors (Lipinski definition) is 1. The number of rotatable bonds is 8. The van der Waals surface area contributed by atoms with E-state index in [0.717, 1.165) is 5.56 Å². The van der Waals surface area contributed by atoms with Crippen molar-refractivity contribution >= 4 is 23.2 Å². The monoisotopic (exact) mass is 361 g/mol. The smallest absolute Gasteiger partial charge is 0.221 e. The third-order valence-electron chi connectivity index (χ3n) is 3.17. The third kappa shape index (κ3) is 6.14. The number of nitrogens with one attached hydrogen (secondary N) is 1. The highest BCUT2D eigenvalue weighted by molar-refractivity contribution is 6.30. The molecule has 132 valence electrons. The number of ether oxygens (including phenoxy) is 3. The summed E-state index contributed by atoms with van der Waals surface area (Å²) < 4.78 is 16.0. The summed E-state index contributed by atoms with van der Waals surface area (Å²) in [6, 6.07) is 15.0. The zero-order valence-electron chi connectivity index (χ0n) is 14.1.